The van der Waals surface area contributed by atoms with Gasteiger partial charge in [-0.1, -0.05) is 0 Å². The Kier molecular flexibility index (Phi) is 45.1. The van der Waals surface area contributed by atoms with E-state index >= 15 is 0 Å². The van der Waals surface area contributed by atoms with Crippen molar-refractivity contribution < 1.29 is 20.4 Å². The third kappa shape index (κ3) is 24.2. The number of halogens is 3. The zero-order chi connectivity index (χ0) is 4.28. The van der Waals surface area contributed by atoms with E-state index < -0.39 is 0 Å². The molecular weight excluding hydrogens is 336 g/mol. The van der Waals surface area contributed by atoms with Gasteiger partial charge in [0.15, 0.2) is 0 Å². The molecule has 0 atom stereocenters. The molecule has 53 valence electrons. The molecule has 0 unspecified atom stereocenters. The molecule has 0 aromatic heterocycles. The molecule has 0 heterocycles. The van der Waals surface area contributed by atoms with E-state index in [1.54, 1.807) is 0 Å². The fourth-order valence-electron chi connectivity index (χ4n) is 0. The Labute approximate surface area is 94.9 Å². The third-order valence-corrected chi connectivity index (χ3v) is 1.68. The van der Waals surface area contributed by atoms with Crippen LogP contribution in [0.2, 0.25) is 4.73 Å². The van der Waals surface area contributed by atoms with Gasteiger partial charge in [-0.15, -0.1) is 50.9 Å². The van der Waals surface area contributed by atoms with E-state index in [0.29, 0.717) is 0 Å². The Hall–Kier alpha value is 2.15. The summed E-state index contributed by atoms with van der Waals surface area (Å²) >= 11 is 2.20. The van der Waals surface area contributed by atoms with Crippen molar-refractivity contribution in [3.05, 3.63) is 0 Å². The third-order valence-electron chi connectivity index (χ3n) is 0.408. The first-order chi connectivity index (χ1) is 2.27. The number of rotatable bonds is 1. The average Bonchev–Trinajstić information content (AvgIpc) is 1.38. The molecule has 4 heteroatoms. The summed E-state index contributed by atoms with van der Waals surface area (Å²) in [4.78, 5) is 0. The van der Waals surface area contributed by atoms with Crippen LogP contribution in [0.4, 0.5) is 0 Å². The van der Waals surface area contributed by atoms with Gasteiger partial charge in [0.1, 0.15) is 0 Å². The van der Waals surface area contributed by atoms with Crippen LogP contribution in [0, 0.1) is 5.92 Å². The van der Waals surface area contributed by atoms with Crippen molar-refractivity contribution >= 4 is 50.9 Å². The van der Waals surface area contributed by atoms with Crippen LogP contribution >= 0.6 is 50.9 Å². The van der Waals surface area contributed by atoms with Crippen molar-refractivity contribution in [2.24, 2.45) is 5.92 Å². The average molecular weight is 348 g/mol. The van der Waals surface area contributed by atoms with Crippen LogP contribution in [0.1, 0.15) is 13.8 Å². The molecule has 0 bridgehead atoms. The normalized spacial score (nSPS) is 5.75. The van der Waals surface area contributed by atoms with Gasteiger partial charge in [0.2, 0.25) is 0 Å². The van der Waals surface area contributed by atoms with Crippen LogP contribution in [0.15, 0.2) is 0 Å². The summed E-state index contributed by atoms with van der Waals surface area (Å²) in [5, 5.41) is 0. The van der Waals surface area contributed by atoms with Crippen molar-refractivity contribution in [2.75, 3.05) is 0 Å². The molecule has 0 saturated carbocycles. The Morgan fingerprint density at radius 2 is 1.25 bits per heavy atom. The molecule has 0 saturated heterocycles. The molecule has 0 aromatic rings. The Morgan fingerprint density at radius 1 is 1.12 bits per heavy atom. The van der Waals surface area contributed by atoms with E-state index in [9.17, 15) is 0 Å². The quantitative estimate of drug-likeness (QED) is 0.638. The van der Waals surface area contributed by atoms with Crippen molar-refractivity contribution in [1.29, 1.82) is 0 Å². The van der Waals surface area contributed by atoms with Crippen LogP contribution < -0.4 is 0 Å². The summed E-state index contributed by atoms with van der Waals surface area (Å²) in [7, 11) is 0. The fraction of sp³-hybridized carbons (Fsp3) is 1.00. The summed E-state index contributed by atoms with van der Waals surface area (Å²) in [6, 6.07) is 0. The van der Waals surface area contributed by atoms with Gasteiger partial charge in [0.05, 0.1) is 0 Å². The van der Waals surface area contributed by atoms with Crippen molar-refractivity contribution in [2.45, 2.75) is 18.6 Å². The van der Waals surface area contributed by atoms with Crippen LogP contribution in [0.25, 0.3) is 0 Å². The van der Waals surface area contributed by atoms with Gasteiger partial charge in [0.25, 0.3) is 0 Å². The van der Waals surface area contributed by atoms with E-state index in [2.05, 4.69) is 34.3 Å². The molecule has 0 N–H and O–H groups in total. The molecule has 0 aromatic carbocycles. The molecule has 0 radical (unpaired) electrons. The maximum atomic E-state index is 2.22. The minimum absolute atomic E-state index is 0. The topological polar surface area (TPSA) is 0 Å². The zero-order valence-corrected chi connectivity index (χ0v) is 11.7. The van der Waals surface area contributed by atoms with Gasteiger partial charge < -0.3 is 0 Å². The van der Waals surface area contributed by atoms with Crippen molar-refractivity contribution in [1.82, 2.24) is 0 Å². The molecule has 0 fully saturated rings. The molecule has 0 aliphatic heterocycles. The summed E-state index contributed by atoms with van der Waals surface area (Å²) in [5.74, 6) is 0.884. The first-order valence-corrected chi connectivity index (χ1v) is 3.02. The fourth-order valence-corrected chi connectivity index (χ4v) is 0. The van der Waals surface area contributed by atoms with Gasteiger partial charge in [-0.2, -0.15) is 0 Å². The minimum atomic E-state index is 0. The van der Waals surface area contributed by atoms with Gasteiger partial charge in [-0.3, -0.25) is 0 Å². The van der Waals surface area contributed by atoms with E-state index in [-0.39, 0.29) is 50.9 Å². The molecule has 0 amide bonds. The SMILES string of the molecule is Br.Br.Br.CC(C)[CH2][Ti]. The van der Waals surface area contributed by atoms with Crippen molar-refractivity contribution in [3.8, 4) is 0 Å². The van der Waals surface area contributed by atoms with E-state index in [1.807, 2.05) is 0 Å². The van der Waals surface area contributed by atoms with Gasteiger partial charge in [-0.25, -0.2) is 0 Å². The van der Waals surface area contributed by atoms with E-state index in [1.165, 1.54) is 4.73 Å². The first-order valence-electron chi connectivity index (χ1n) is 1.92. The van der Waals surface area contributed by atoms with Crippen molar-refractivity contribution in [3.63, 3.8) is 0 Å². The van der Waals surface area contributed by atoms with E-state index in [0.717, 1.165) is 5.92 Å². The summed E-state index contributed by atoms with van der Waals surface area (Å²) in [6.07, 6.45) is 0. The second-order valence-electron chi connectivity index (χ2n) is 1.60. The van der Waals surface area contributed by atoms with Gasteiger partial charge in [-0.05, 0) is 0 Å². The van der Waals surface area contributed by atoms with Crippen LogP contribution in [0.3, 0.4) is 0 Å². The maximum absolute atomic E-state index is 2.22. The molecule has 0 aliphatic rings. The Morgan fingerprint density at radius 3 is 1.25 bits per heavy atom. The monoisotopic (exact) mass is 345 g/mol. The molecule has 0 aliphatic carbocycles. The molecule has 0 rings (SSSR count). The predicted octanol–water partition coefficient (Wildman–Crippen LogP) is 3.34. The van der Waals surface area contributed by atoms with Gasteiger partial charge in [0, 0.05) is 0 Å². The second-order valence-corrected chi connectivity index (χ2v) is 2.24. The van der Waals surface area contributed by atoms with E-state index in [4.69, 9.17) is 0 Å². The standard InChI is InChI=1S/C4H9.3BrH.Ti/c1-4(2)3;;;;/h4H,1H2,2-3H3;3*1H;. The molecule has 0 nitrogen and oxygen atoms in total. The van der Waals surface area contributed by atoms with Gasteiger partial charge >= 0.3 is 44.9 Å². The Balaban J connectivity index is -0.0000000267. The van der Waals surface area contributed by atoms with Crippen LogP contribution in [-0.4, -0.2) is 0 Å². The summed E-state index contributed by atoms with van der Waals surface area (Å²) < 4.78 is 1.31. The number of hydrogen-bond acceptors (Lipinski definition) is 0. The Bertz CT molecular complexity index is 25.2. The van der Waals surface area contributed by atoms with Crippen LogP contribution in [-0.2, 0) is 20.4 Å². The van der Waals surface area contributed by atoms with Crippen LogP contribution in [0.5, 0.6) is 0 Å². The number of hydrogen-bond donors (Lipinski definition) is 0. The first kappa shape index (κ1) is 22.5. The predicted molar refractivity (Wildman–Crippen MR) is 50.6 cm³/mol. The molecule has 0 spiro atoms. The second kappa shape index (κ2) is 16.1. The zero-order valence-electron chi connectivity index (χ0n) is 5.01. The molecular formula is C4H12Br3Ti. The molecule has 8 heavy (non-hydrogen) atoms. The summed E-state index contributed by atoms with van der Waals surface area (Å²) in [5.41, 5.74) is 0. The summed E-state index contributed by atoms with van der Waals surface area (Å²) in [6.45, 7) is 4.44.